The molecule has 0 saturated carbocycles. The Kier molecular flexibility index (Phi) is 4.29. The lowest BCUT2D eigenvalue weighted by Gasteiger charge is -2.16. The Bertz CT molecular complexity index is 890. The summed E-state index contributed by atoms with van der Waals surface area (Å²) >= 11 is 0. The molecule has 2 aromatic carbocycles. The Hall–Kier alpha value is -2.57. The number of nitrogens with zero attached hydrogens (tertiary/aromatic N) is 2. The largest absolute Gasteiger partial charge is 0.490 e. The van der Waals surface area contributed by atoms with Crippen LogP contribution in [0.15, 0.2) is 42.5 Å². The number of para-hydroxylation sites is 2. The molecule has 0 radical (unpaired) electrons. The van der Waals surface area contributed by atoms with Crippen LogP contribution in [0.25, 0.3) is 11.0 Å². The molecule has 0 spiro atoms. The minimum Gasteiger partial charge on any atom is -0.490 e. The fourth-order valence-corrected chi connectivity index (χ4v) is 3.12. The van der Waals surface area contributed by atoms with Gasteiger partial charge in [0, 0.05) is 6.42 Å². The molecule has 3 aromatic rings. The van der Waals surface area contributed by atoms with Crippen LogP contribution in [0.2, 0.25) is 0 Å². The lowest BCUT2D eigenvalue weighted by atomic mass is 10.1. The van der Waals surface area contributed by atoms with Gasteiger partial charge in [-0.15, -0.1) is 0 Å². The summed E-state index contributed by atoms with van der Waals surface area (Å²) in [4.78, 5) is 4.42. The Balaban J connectivity index is 1.64. The van der Waals surface area contributed by atoms with E-state index in [0.717, 1.165) is 23.0 Å². The van der Waals surface area contributed by atoms with E-state index >= 15 is 0 Å². The van der Waals surface area contributed by atoms with Crippen molar-refractivity contribution in [1.82, 2.24) is 9.55 Å². The van der Waals surface area contributed by atoms with Crippen molar-refractivity contribution in [2.24, 2.45) is 0 Å². The zero-order chi connectivity index (χ0) is 17.2. The molecule has 2 N–H and O–H groups in total. The van der Waals surface area contributed by atoms with Crippen LogP contribution in [-0.4, -0.2) is 33.0 Å². The molecule has 0 unspecified atom stereocenters. The van der Waals surface area contributed by atoms with Crippen LogP contribution < -0.4 is 9.47 Å². The summed E-state index contributed by atoms with van der Waals surface area (Å²) in [6, 6.07) is 13.1. The average molecular weight is 340 g/mol. The van der Waals surface area contributed by atoms with Gasteiger partial charge < -0.3 is 24.3 Å². The maximum Gasteiger partial charge on any atom is 0.161 e. The molecule has 2 heterocycles. The van der Waals surface area contributed by atoms with E-state index in [9.17, 15) is 10.2 Å². The number of hydrogen-bond acceptors (Lipinski definition) is 5. The van der Waals surface area contributed by atoms with Gasteiger partial charge in [-0.25, -0.2) is 4.98 Å². The van der Waals surface area contributed by atoms with E-state index in [1.807, 2.05) is 47.0 Å². The van der Waals surface area contributed by atoms with E-state index in [-0.39, 0.29) is 6.61 Å². The third-order valence-electron chi connectivity index (χ3n) is 4.39. The first kappa shape index (κ1) is 15.9. The van der Waals surface area contributed by atoms with Crippen molar-refractivity contribution < 1.29 is 19.7 Å². The van der Waals surface area contributed by atoms with Crippen molar-refractivity contribution in [1.29, 1.82) is 0 Å². The number of aliphatic hydroxyl groups excluding tert-OH is 2. The average Bonchev–Trinajstić information content (AvgIpc) is 2.83. The zero-order valence-corrected chi connectivity index (χ0v) is 13.8. The zero-order valence-electron chi connectivity index (χ0n) is 13.8. The van der Waals surface area contributed by atoms with Crippen molar-refractivity contribution in [2.45, 2.75) is 25.7 Å². The number of fused-ring (bicyclic) bond motifs is 2. The molecule has 1 aromatic heterocycles. The summed E-state index contributed by atoms with van der Waals surface area (Å²) < 4.78 is 13.2. The van der Waals surface area contributed by atoms with Gasteiger partial charge in [-0.05, 0) is 29.8 Å². The lowest BCUT2D eigenvalue weighted by molar-refractivity contribution is 0.153. The van der Waals surface area contributed by atoms with Crippen molar-refractivity contribution in [3.05, 3.63) is 53.9 Å². The van der Waals surface area contributed by atoms with Crippen molar-refractivity contribution in [2.75, 3.05) is 13.2 Å². The molecule has 1 atom stereocenters. The van der Waals surface area contributed by atoms with E-state index < -0.39 is 6.10 Å². The Morgan fingerprint density at radius 1 is 1.08 bits per heavy atom. The summed E-state index contributed by atoms with van der Waals surface area (Å²) in [5, 5.41) is 20.3. The molecule has 130 valence electrons. The van der Waals surface area contributed by atoms with Gasteiger partial charge >= 0.3 is 0 Å². The van der Waals surface area contributed by atoms with E-state index in [1.54, 1.807) is 0 Å². The molecule has 0 amide bonds. The molecule has 0 saturated heterocycles. The highest BCUT2D eigenvalue weighted by molar-refractivity contribution is 5.75. The summed E-state index contributed by atoms with van der Waals surface area (Å²) in [5.74, 6) is 1.90. The minimum atomic E-state index is -0.750. The molecule has 0 aliphatic carbocycles. The van der Waals surface area contributed by atoms with Crippen LogP contribution in [0.1, 0.15) is 23.9 Å². The molecule has 0 bridgehead atoms. The highest BCUT2D eigenvalue weighted by atomic mass is 16.5. The van der Waals surface area contributed by atoms with Gasteiger partial charge in [-0.1, -0.05) is 18.2 Å². The maximum absolute atomic E-state index is 10.7. The number of rotatable bonds is 4. The van der Waals surface area contributed by atoms with Gasteiger partial charge in [0.2, 0.25) is 0 Å². The molecule has 1 aliphatic heterocycles. The third-order valence-corrected chi connectivity index (χ3v) is 4.39. The number of ether oxygens (including phenoxy) is 2. The summed E-state index contributed by atoms with van der Waals surface area (Å²) in [6.07, 6.45) is 0.0908. The van der Waals surface area contributed by atoms with Crippen LogP contribution in [0.5, 0.6) is 11.5 Å². The minimum absolute atomic E-state index is 0.178. The predicted octanol–water partition coefficient (Wildman–Crippen LogP) is 2.42. The molecular weight excluding hydrogens is 320 g/mol. The monoisotopic (exact) mass is 340 g/mol. The third kappa shape index (κ3) is 3.06. The van der Waals surface area contributed by atoms with Gasteiger partial charge in [-0.2, -0.15) is 0 Å². The fourth-order valence-electron chi connectivity index (χ4n) is 3.12. The van der Waals surface area contributed by atoms with Gasteiger partial charge in [0.15, 0.2) is 11.5 Å². The second-order valence-electron chi connectivity index (χ2n) is 6.06. The van der Waals surface area contributed by atoms with Crippen LogP contribution >= 0.6 is 0 Å². The van der Waals surface area contributed by atoms with Gasteiger partial charge in [-0.3, -0.25) is 0 Å². The number of aromatic nitrogens is 2. The quantitative estimate of drug-likeness (QED) is 0.763. The highest BCUT2D eigenvalue weighted by Gasteiger charge is 2.18. The Morgan fingerprint density at radius 3 is 2.72 bits per heavy atom. The molecule has 4 rings (SSSR count). The van der Waals surface area contributed by atoms with E-state index in [1.165, 1.54) is 0 Å². The first-order valence-corrected chi connectivity index (χ1v) is 8.39. The second-order valence-corrected chi connectivity index (χ2v) is 6.06. The number of benzene rings is 2. The molecule has 1 aliphatic rings. The smallest absolute Gasteiger partial charge is 0.161 e. The van der Waals surface area contributed by atoms with Gasteiger partial charge in [0.05, 0.1) is 36.9 Å². The standard InChI is InChI=1S/C19H20N2O4/c22-12-19-20-14-4-1-2-5-15(14)21(19)11-16(23)13-6-7-17-18(10-13)25-9-3-8-24-17/h1-2,4-7,10,16,22-23H,3,8-9,11-12H2/t16-/m1/s1. The van der Waals surface area contributed by atoms with Crippen molar-refractivity contribution in [3.63, 3.8) is 0 Å². The molecular formula is C19H20N2O4. The molecule has 0 fully saturated rings. The van der Waals surface area contributed by atoms with E-state index in [0.29, 0.717) is 37.1 Å². The van der Waals surface area contributed by atoms with Crippen LogP contribution in [-0.2, 0) is 13.2 Å². The second kappa shape index (κ2) is 6.74. The van der Waals surface area contributed by atoms with Crippen molar-refractivity contribution in [3.8, 4) is 11.5 Å². The molecule has 6 nitrogen and oxygen atoms in total. The predicted molar refractivity (Wildman–Crippen MR) is 92.7 cm³/mol. The fraction of sp³-hybridized carbons (Fsp3) is 0.316. The normalized spacial score (nSPS) is 15.1. The first-order valence-electron chi connectivity index (χ1n) is 8.39. The first-order chi connectivity index (χ1) is 12.3. The molecule has 25 heavy (non-hydrogen) atoms. The highest BCUT2D eigenvalue weighted by Crippen LogP contribution is 2.33. The van der Waals surface area contributed by atoms with Crippen LogP contribution in [0.3, 0.4) is 0 Å². The summed E-state index contributed by atoms with van der Waals surface area (Å²) in [6.45, 7) is 1.36. The van der Waals surface area contributed by atoms with Gasteiger partial charge in [0.25, 0.3) is 0 Å². The van der Waals surface area contributed by atoms with Gasteiger partial charge in [0.1, 0.15) is 12.4 Å². The lowest BCUT2D eigenvalue weighted by Crippen LogP contribution is -2.12. The number of aliphatic hydroxyl groups is 2. The van der Waals surface area contributed by atoms with Crippen LogP contribution in [0, 0.1) is 0 Å². The Morgan fingerprint density at radius 2 is 1.88 bits per heavy atom. The summed E-state index contributed by atoms with van der Waals surface area (Å²) in [5.41, 5.74) is 2.43. The molecule has 6 heteroatoms. The number of hydrogen-bond donors (Lipinski definition) is 2. The topological polar surface area (TPSA) is 76.7 Å². The maximum atomic E-state index is 10.7. The van der Waals surface area contributed by atoms with E-state index in [4.69, 9.17) is 9.47 Å². The van der Waals surface area contributed by atoms with E-state index in [2.05, 4.69) is 4.98 Å². The summed E-state index contributed by atoms with van der Waals surface area (Å²) in [7, 11) is 0. The Labute approximate surface area is 145 Å². The SMILES string of the molecule is OCc1nc2ccccc2n1C[C@@H](O)c1ccc2c(c1)OCCCO2. The number of imidazole rings is 1. The van der Waals surface area contributed by atoms with Crippen LogP contribution in [0.4, 0.5) is 0 Å². The van der Waals surface area contributed by atoms with Crippen molar-refractivity contribution >= 4 is 11.0 Å².